The predicted molar refractivity (Wildman–Crippen MR) is 90.4 cm³/mol. The highest BCUT2D eigenvalue weighted by Gasteiger charge is 2.04. The molecular weight excluding hydrogens is 268 g/mol. The van der Waals surface area contributed by atoms with E-state index in [1.54, 1.807) is 0 Å². The molecule has 0 N–H and O–H groups in total. The molecule has 4 aromatic rings. The summed E-state index contributed by atoms with van der Waals surface area (Å²) in [4.78, 5) is 8.60. The molecule has 0 aliphatic heterocycles. The first kappa shape index (κ1) is 12.7. The lowest BCUT2D eigenvalue weighted by molar-refractivity contribution is 1.31. The maximum atomic E-state index is 4.53. The van der Waals surface area contributed by atoms with Crippen molar-refractivity contribution in [1.29, 1.82) is 0 Å². The van der Waals surface area contributed by atoms with Gasteiger partial charge >= 0.3 is 0 Å². The zero-order chi connectivity index (χ0) is 14.8. The SMILES string of the molecule is c1ccc2cc(-c3cc(-c4ccncc4)ccn3)ccc2c1. The normalized spacial score (nSPS) is 10.7. The van der Waals surface area contributed by atoms with Crippen molar-refractivity contribution in [3.8, 4) is 22.4 Å². The van der Waals surface area contributed by atoms with Gasteiger partial charge in [-0.05, 0) is 52.2 Å². The van der Waals surface area contributed by atoms with Crippen LogP contribution < -0.4 is 0 Å². The van der Waals surface area contributed by atoms with E-state index in [9.17, 15) is 0 Å². The summed E-state index contributed by atoms with van der Waals surface area (Å²) in [6, 6.07) is 23.0. The van der Waals surface area contributed by atoms with Gasteiger partial charge in [0.25, 0.3) is 0 Å². The number of hydrogen-bond acceptors (Lipinski definition) is 2. The zero-order valence-electron chi connectivity index (χ0n) is 12.0. The average molecular weight is 282 g/mol. The Kier molecular flexibility index (Phi) is 3.13. The van der Waals surface area contributed by atoms with Gasteiger partial charge in [-0.1, -0.05) is 36.4 Å². The lowest BCUT2D eigenvalue weighted by Gasteiger charge is -2.06. The standard InChI is InChI=1S/C20H14N2/c1-2-4-17-13-19(6-5-15(17)3-1)20-14-18(9-12-22-20)16-7-10-21-11-8-16/h1-14H. The number of nitrogens with zero attached hydrogens (tertiary/aromatic N) is 2. The zero-order valence-corrected chi connectivity index (χ0v) is 12.0. The molecule has 0 saturated carbocycles. The number of rotatable bonds is 2. The van der Waals surface area contributed by atoms with Gasteiger partial charge in [-0.3, -0.25) is 9.97 Å². The smallest absolute Gasteiger partial charge is 0.0708 e. The third-order valence-electron chi connectivity index (χ3n) is 3.82. The quantitative estimate of drug-likeness (QED) is 0.519. The number of hydrogen-bond donors (Lipinski definition) is 0. The summed E-state index contributed by atoms with van der Waals surface area (Å²) in [7, 11) is 0. The minimum atomic E-state index is 0.986. The lowest BCUT2D eigenvalue weighted by Crippen LogP contribution is -1.86. The Morgan fingerprint density at radius 2 is 1.32 bits per heavy atom. The van der Waals surface area contributed by atoms with Crippen molar-refractivity contribution in [3.63, 3.8) is 0 Å². The van der Waals surface area contributed by atoms with Crippen molar-refractivity contribution >= 4 is 10.8 Å². The topological polar surface area (TPSA) is 25.8 Å². The first-order valence-electron chi connectivity index (χ1n) is 7.26. The molecule has 2 aromatic carbocycles. The Morgan fingerprint density at radius 3 is 2.18 bits per heavy atom. The molecule has 2 nitrogen and oxygen atoms in total. The molecule has 0 fully saturated rings. The second kappa shape index (κ2) is 5.41. The summed E-state index contributed by atoms with van der Waals surface area (Å²) in [6.45, 7) is 0. The number of fused-ring (bicyclic) bond motifs is 1. The highest BCUT2D eigenvalue weighted by atomic mass is 14.7. The first-order chi connectivity index (χ1) is 10.9. The lowest BCUT2D eigenvalue weighted by atomic mass is 10.0. The van der Waals surface area contributed by atoms with Crippen molar-refractivity contribution in [2.24, 2.45) is 0 Å². The van der Waals surface area contributed by atoms with Gasteiger partial charge in [-0.25, -0.2) is 0 Å². The Balaban J connectivity index is 1.81. The van der Waals surface area contributed by atoms with Crippen molar-refractivity contribution in [1.82, 2.24) is 9.97 Å². The number of aromatic nitrogens is 2. The number of benzene rings is 2. The fraction of sp³-hybridized carbons (Fsp3) is 0. The van der Waals surface area contributed by atoms with Gasteiger partial charge in [0.05, 0.1) is 5.69 Å². The highest BCUT2D eigenvalue weighted by molar-refractivity contribution is 5.87. The molecule has 0 radical (unpaired) electrons. The molecule has 0 aliphatic carbocycles. The molecule has 2 aromatic heterocycles. The van der Waals surface area contributed by atoms with Crippen molar-refractivity contribution < 1.29 is 0 Å². The Morgan fingerprint density at radius 1 is 0.545 bits per heavy atom. The van der Waals surface area contributed by atoms with Crippen LogP contribution in [0.5, 0.6) is 0 Å². The van der Waals surface area contributed by atoms with E-state index in [1.807, 2.05) is 36.8 Å². The van der Waals surface area contributed by atoms with Crippen LogP contribution in [-0.2, 0) is 0 Å². The van der Waals surface area contributed by atoms with E-state index in [0.717, 1.165) is 22.4 Å². The second-order valence-corrected chi connectivity index (χ2v) is 5.23. The van der Waals surface area contributed by atoms with Crippen molar-refractivity contribution in [2.75, 3.05) is 0 Å². The molecule has 4 rings (SSSR count). The maximum absolute atomic E-state index is 4.53. The van der Waals surface area contributed by atoms with Gasteiger partial charge in [0.1, 0.15) is 0 Å². The monoisotopic (exact) mass is 282 g/mol. The molecule has 0 bridgehead atoms. The van der Waals surface area contributed by atoms with E-state index in [0.29, 0.717) is 0 Å². The van der Waals surface area contributed by atoms with Crippen molar-refractivity contribution in [2.45, 2.75) is 0 Å². The molecule has 0 spiro atoms. The van der Waals surface area contributed by atoms with E-state index in [4.69, 9.17) is 0 Å². The Hall–Kier alpha value is -3.00. The van der Waals surface area contributed by atoms with Gasteiger partial charge in [0.2, 0.25) is 0 Å². The van der Waals surface area contributed by atoms with Gasteiger partial charge in [0, 0.05) is 24.2 Å². The summed E-state index contributed by atoms with van der Waals surface area (Å²) in [5.41, 5.74) is 4.43. The van der Waals surface area contributed by atoms with Crippen LogP contribution in [0.2, 0.25) is 0 Å². The van der Waals surface area contributed by atoms with Gasteiger partial charge < -0.3 is 0 Å². The fourth-order valence-electron chi connectivity index (χ4n) is 2.66. The molecule has 22 heavy (non-hydrogen) atoms. The molecule has 0 aliphatic rings. The summed E-state index contributed by atoms with van der Waals surface area (Å²) in [5.74, 6) is 0. The Bertz CT molecular complexity index is 930. The second-order valence-electron chi connectivity index (χ2n) is 5.23. The predicted octanol–water partition coefficient (Wildman–Crippen LogP) is 4.96. The van der Waals surface area contributed by atoms with Crippen LogP contribution in [0.1, 0.15) is 0 Å². The van der Waals surface area contributed by atoms with Crippen LogP contribution >= 0.6 is 0 Å². The molecule has 0 atom stereocenters. The van der Waals surface area contributed by atoms with E-state index in [2.05, 4.69) is 58.5 Å². The summed E-state index contributed by atoms with van der Waals surface area (Å²) < 4.78 is 0. The van der Waals surface area contributed by atoms with Gasteiger partial charge in [-0.15, -0.1) is 0 Å². The average Bonchev–Trinajstić information content (AvgIpc) is 2.62. The van der Waals surface area contributed by atoms with Crippen LogP contribution in [-0.4, -0.2) is 9.97 Å². The summed E-state index contributed by atoms with van der Waals surface area (Å²) in [5, 5.41) is 2.48. The molecule has 0 amide bonds. The first-order valence-corrected chi connectivity index (χ1v) is 7.26. The van der Waals surface area contributed by atoms with Crippen LogP contribution in [0.15, 0.2) is 85.3 Å². The molecule has 0 saturated heterocycles. The van der Waals surface area contributed by atoms with E-state index in [-0.39, 0.29) is 0 Å². The summed E-state index contributed by atoms with van der Waals surface area (Å²) >= 11 is 0. The third-order valence-corrected chi connectivity index (χ3v) is 3.82. The molecule has 0 unspecified atom stereocenters. The largest absolute Gasteiger partial charge is 0.265 e. The minimum Gasteiger partial charge on any atom is -0.265 e. The van der Waals surface area contributed by atoms with Crippen LogP contribution in [0.4, 0.5) is 0 Å². The van der Waals surface area contributed by atoms with Crippen LogP contribution in [0.25, 0.3) is 33.2 Å². The maximum Gasteiger partial charge on any atom is 0.0708 e. The highest BCUT2D eigenvalue weighted by Crippen LogP contribution is 2.26. The van der Waals surface area contributed by atoms with Crippen molar-refractivity contribution in [3.05, 3.63) is 85.3 Å². The van der Waals surface area contributed by atoms with Crippen LogP contribution in [0.3, 0.4) is 0 Å². The van der Waals surface area contributed by atoms with E-state index < -0.39 is 0 Å². The summed E-state index contributed by atoms with van der Waals surface area (Å²) in [6.07, 6.45) is 5.48. The van der Waals surface area contributed by atoms with E-state index >= 15 is 0 Å². The van der Waals surface area contributed by atoms with Crippen LogP contribution in [0, 0.1) is 0 Å². The molecular formula is C20H14N2. The molecule has 104 valence electrons. The minimum absolute atomic E-state index is 0.986. The third kappa shape index (κ3) is 2.35. The molecule has 2 heterocycles. The van der Waals surface area contributed by atoms with E-state index in [1.165, 1.54) is 10.8 Å². The fourth-order valence-corrected chi connectivity index (χ4v) is 2.66. The number of pyridine rings is 2. The molecule has 2 heteroatoms. The van der Waals surface area contributed by atoms with Gasteiger partial charge in [-0.2, -0.15) is 0 Å². The Labute approximate surface area is 129 Å². The van der Waals surface area contributed by atoms with Gasteiger partial charge in [0.15, 0.2) is 0 Å².